The lowest BCUT2D eigenvalue weighted by Crippen LogP contribution is -2.36. The Kier molecular flexibility index (Phi) is 3.30. The van der Waals surface area contributed by atoms with E-state index in [4.69, 9.17) is 11.6 Å². The fourth-order valence-electron chi connectivity index (χ4n) is 2.02. The Morgan fingerprint density at radius 1 is 1.14 bits per heavy atom. The van der Waals surface area contributed by atoms with Crippen LogP contribution in [0.1, 0.15) is 0 Å². The van der Waals surface area contributed by atoms with Gasteiger partial charge >= 0.3 is 5.69 Å². The third-order valence-electron chi connectivity index (χ3n) is 3.19. The first-order valence-electron chi connectivity index (χ1n) is 6.07. The lowest BCUT2D eigenvalue weighted by Gasteiger charge is -2.05. The number of rotatable bonds is 2. The van der Waals surface area contributed by atoms with Crippen molar-refractivity contribution in [1.82, 2.24) is 13.5 Å². The van der Waals surface area contributed by atoms with Gasteiger partial charge in [-0.25, -0.2) is 4.79 Å². The Morgan fingerprint density at radius 3 is 2.48 bits per heavy atom. The molecule has 0 saturated heterocycles. The van der Waals surface area contributed by atoms with E-state index in [0.29, 0.717) is 21.1 Å². The first kappa shape index (κ1) is 13.8. The fraction of sp³-hybridized carbons (Fsp3) is 0.154. The van der Waals surface area contributed by atoms with Crippen molar-refractivity contribution in [2.75, 3.05) is 5.32 Å². The van der Waals surface area contributed by atoms with Gasteiger partial charge in [-0.2, -0.15) is 4.37 Å². The second-order valence-corrected chi connectivity index (χ2v) is 5.76. The summed E-state index contributed by atoms with van der Waals surface area (Å²) >= 11 is 6.98. The maximum atomic E-state index is 12.3. The maximum Gasteiger partial charge on any atom is 0.332 e. The lowest BCUT2D eigenvalue weighted by molar-refractivity contribution is 0.710. The molecule has 2 aromatic heterocycles. The second kappa shape index (κ2) is 5.01. The zero-order valence-electron chi connectivity index (χ0n) is 11.3. The molecule has 21 heavy (non-hydrogen) atoms. The van der Waals surface area contributed by atoms with E-state index in [1.54, 1.807) is 31.3 Å². The molecular formula is C13H11ClN4O2S. The van der Waals surface area contributed by atoms with Crippen LogP contribution < -0.4 is 16.6 Å². The Balaban J connectivity index is 2.19. The van der Waals surface area contributed by atoms with Crippen LogP contribution in [0.2, 0.25) is 5.02 Å². The van der Waals surface area contributed by atoms with E-state index in [-0.39, 0.29) is 5.56 Å². The number of benzene rings is 1. The van der Waals surface area contributed by atoms with E-state index < -0.39 is 5.69 Å². The Morgan fingerprint density at radius 2 is 1.81 bits per heavy atom. The summed E-state index contributed by atoms with van der Waals surface area (Å²) in [5, 5.41) is 4.77. The predicted octanol–water partition coefficient (Wildman–Crippen LogP) is 2.09. The number of anilines is 2. The predicted molar refractivity (Wildman–Crippen MR) is 84.8 cm³/mol. The minimum Gasteiger partial charge on any atom is -0.345 e. The lowest BCUT2D eigenvalue weighted by atomic mass is 10.3. The van der Waals surface area contributed by atoms with E-state index in [9.17, 15) is 9.59 Å². The molecule has 108 valence electrons. The van der Waals surface area contributed by atoms with Gasteiger partial charge in [-0.15, -0.1) is 0 Å². The third kappa shape index (κ3) is 2.24. The summed E-state index contributed by atoms with van der Waals surface area (Å²) < 4.78 is 6.63. The third-order valence-corrected chi connectivity index (χ3v) is 4.19. The molecule has 0 unspecified atom stereocenters. The van der Waals surface area contributed by atoms with E-state index in [1.165, 1.54) is 11.6 Å². The van der Waals surface area contributed by atoms with Crippen LogP contribution in [0.3, 0.4) is 0 Å². The Labute approximate surface area is 128 Å². The number of hydrogen-bond acceptors (Lipinski definition) is 5. The molecule has 3 rings (SSSR count). The second-order valence-electron chi connectivity index (χ2n) is 4.55. The van der Waals surface area contributed by atoms with Crippen LogP contribution in [0.25, 0.3) is 11.0 Å². The van der Waals surface area contributed by atoms with E-state index in [2.05, 4.69) is 9.69 Å². The van der Waals surface area contributed by atoms with Crippen molar-refractivity contribution in [1.29, 1.82) is 0 Å². The van der Waals surface area contributed by atoms with Gasteiger partial charge in [0.05, 0.1) is 0 Å². The minimum absolute atomic E-state index is 0.363. The number of halogens is 1. The average Bonchev–Trinajstić information content (AvgIpc) is 2.89. The molecule has 2 heterocycles. The molecule has 0 aliphatic carbocycles. The van der Waals surface area contributed by atoms with Gasteiger partial charge in [-0.05, 0) is 35.8 Å². The van der Waals surface area contributed by atoms with Crippen LogP contribution in [0.4, 0.5) is 10.7 Å². The molecule has 0 fully saturated rings. The van der Waals surface area contributed by atoms with Crippen molar-refractivity contribution < 1.29 is 0 Å². The molecule has 0 aliphatic rings. The van der Waals surface area contributed by atoms with Crippen molar-refractivity contribution in [3.05, 3.63) is 50.1 Å². The molecule has 3 aromatic rings. The number of nitrogens with zero attached hydrogens (tertiary/aromatic N) is 3. The van der Waals surface area contributed by atoms with Crippen LogP contribution in [0.15, 0.2) is 33.9 Å². The molecule has 1 N–H and O–H groups in total. The van der Waals surface area contributed by atoms with Crippen molar-refractivity contribution in [2.45, 2.75) is 0 Å². The molecule has 0 amide bonds. The van der Waals surface area contributed by atoms with Gasteiger partial charge in [0.1, 0.15) is 10.4 Å². The van der Waals surface area contributed by atoms with Crippen LogP contribution in [-0.4, -0.2) is 13.5 Å². The quantitative estimate of drug-likeness (QED) is 0.784. The standard InChI is InChI=1S/C13H11ClN4O2S/c1-17-10-9(12(19)18(2)13(17)20)11(21-16-10)15-8-5-3-7(14)4-6-8/h3-6,15H,1-2H3. The highest BCUT2D eigenvalue weighted by molar-refractivity contribution is 7.11. The SMILES string of the molecule is Cn1c(=O)c2c(Nc3ccc(Cl)cc3)snc2n(C)c1=O. The van der Waals surface area contributed by atoms with Crippen molar-refractivity contribution in [2.24, 2.45) is 14.1 Å². The van der Waals surface area contributed by atoms with Gasteiger partial charge in [0.2, 0.25) is 0 Å². The summed E-state index contributed by atoms with van der Waals surface area (Å²) in [5.74, 6) is 0. The summed E-state index contributed by atoms with van der Waals surface area (Å²) in [6.07, 6.45) is 0. The molecule has 0 atom stereocenters. The molecule has 1 aromatic carbocycles. The summed E-state index contributed by atoms with van der Waals surface area (Å²) in [6.45, 7) is 0. The Bertz CT molecular complexity index is 940. The van der Waals surface area contributed by atoms with Crippen LogP contribution in [0, 0.1) is 0 Å². The number of nitrogens with one attached hydrogen (secondary N) is 1. The molecule has 6 nitrogen and oxygen atoms in total. The maximum absolute atomic E-state index is 12.3. The highest BCUT2D eigenvalue weighted by atomic mass is 35.5. The molecule has 0 spiro atoms. The highest BCUT2D eigenvalue weighted by Crippen LogP contribution is 2.27. The van der Waals surface area contributed by atoms with E-state index in [0.717, 1.165) is 21.8 Å². The monoisotopic (exact) mass is 322 g/mol. The molecule has 0 bridgehead atoms. The molecule has 0 aliphatic heterocycles. The van der Waals surface area contributed by atoms with Crippen molar-refractivity contribution in [3.63, 3.8) is 0 Å². The van der Waals surface area contributed by atoms with Gasteiger partial charge in [0.25, 0.3) is 5.56 Å². The summed E-state index contributed by atoms with van der Waals surface area (Å²) in [4.78, 5) is 24.1. The van der Waals surface area contributed by atoms with E-state index in [1.807, 2.05) is 0 Å². The van der Waals surface area contributed by atoms with Crippen LogP contribution >= 0.6 is 23.1 Å². The van der Waals surface area contributed by atoms with Gasteiger partial charge < -0.3 is 5.32 Å². The van der Waals surface area contributed by atoms with Crippen molar-refractivity contribution >= 4 is 44.9 Å². The average molecular weight is 323 g/mol. The number of aromatic nitrogens is 3. The first-order chi connectivity index (χ1) is 9.99. The first-order valence-corrected chi connectivity index (χ1v) is 7.22. The largest absolute Gasteiger partial charge is 0.345 e. The normalized spacial score (nSPS) is 11.0. The Hall–Kier alpha value is -2.12. The molecule has 8 heteroatoms. The summed E-state index contributed by atoms with van der Waals surface area (Å²) in [7, 11) is 3.05. The highest BCUT2D eigenvalue weighted by Gasteiger charge is 2.16. The number of hydrogen-bond donors (Lipinski definition) is 1. The minimum atomic E-state index is -0.393. The zero-order chi connectivity index (χ0) is 15.1. The topological polar surface area (TPSA) is 68.9 Å². The van der Waals surface area contributed by atoms with Crippen molar-refractivity contribution in [3.8, 4) is 0 Å². The van der Waals surface area contributed by atoms with E-state index >= 15 is 0 Å². The molecular weight excluding hydrogens is 312 g/mol. The van der Waals surface area contributed by atoms with Crippen LogP contribution in [-0.2, 0) is 14.1 Å². The fourth-order valence-corrected chi connectivity index (χ4v) is 2.97. The number of fused-ring (bicyclic) bond motifs is 1. The number of aryl methyl sites for hydroxylation is 1. The smallest absolute Gasteiger partial charge is 0.332 e. The van der Waals surface area contributed by atoms with Gasteiger partial charge in [0, 0.05) is 24.8 Å². The van der Waals surface area contributed by atoms with Gasteiger partial charge in [-0.1, -0.05) is 11.6 Å². The van der Waals surface area contributed by atoms with Crippen LogP contribution in [0.5, 0.6) is 0 Å². The summed E-state index contributed by atoms with van der Waals surface area (Å²) in [5.41, 5.74) is 0.416. The van der Waals surface area contributed by atoms with Gasteiger partial charge in [0.15, 0.2) is 5.65 Å². The molecule has 0 saturated carbocycles. The summed E-state index contributed by atoms with van der Waals surface area (Å²) in [6, 6.07) is 7.11. The zero-order valence-corrected chi connectivity index (χ0v) is 12.8. The van der Waals surface area contributed by atoms with Gasteiger partial charge in [-0.3, -0.25) is 13.9 Å². The molecule has 0 radical (unpaired) electrons.